The third-order valence-corrected chi connectivity index (χ3v) is 4.77. The lowest BCUT2D eigenvalue weighted by atomic mass is 9.93. The second kappa shape index (κ2) is 5.57. The molecule has 2 rings (SSSR count). The summed E-state index contributed by atoms with van der Waals surface area (Å²) in [5.74, 6) is 0. The fourth-order valence-corrected chi connectivity index (χ4v) is 3.22. The molecule has 4 heteroatoms. The molecule has 1 aromatic heterocycles. The summed E-state index contributed by atoms with van der Waals surface area (Å²) in [6, 6.07) is 8.63. The highest BCUT2D eigenvalue weighted by Crippen LogP contribution is 2.30. The second-order valence-corrected chi connectivity index (χ2v) is 7.04. The normalized spacial score (nSPS) is 14.2. The number of para-hydroxylation sites is 1. The minimum atomic E-state index is 0.139. The molecule has 1 atom stereocenters. The van der Waals surface area contributed by atoms with Crippen LogP contribution in [0.3, 0.4) is 0 Å². The number of rotatable bonds is 5. The van der Waals surface area contributed by atoms with E-state index in [0.29, 0.717) is 12.6 Å². The minimum absolute atomic E-state index is 0.139. The molecule has 0 amide bonds. The van der Waals surface area contributed by atoms with Crippen LogP contribution in [-0.4, -0.2) is 30.0 Å². The van der Waals surface area contributed by atoms with Crippen molar-refractivity contribution >= 4 is 21.6 Å². The summed E-state index contributed by atoms with van der Waals surface area (Å²) in [5, 5.41) is 1.18. The number of fused-ring (bicyclic) bond motifs is 1. The molecule has 2 aromatic rings. The standard InChI is InChI=1S/C15H23N3S/c1-11(18(4)10-15(2,3)9-16)14-17-12-7-5-6-8-13(12)19-14/h5-8,11H,9-10,16H2,1-4H3. The van der Waals surface area contributed by atoms with Gasteiger partial charge in [0.15, 0.2) is 0 Å². The average molecular weight is 277 g/mol. The van der Waals surface area contributed by atoms with Crippen LogP contribution in [0.4, 0.5) is 0 Å². The van der Waals surface area contributed by atoms with Crippen molar-refractivity contribution in [3.8, 4) is 0 Å². The van der Waals surface area contributed by atoms with Crippen LogP contribution >= 0.6 is 11.3 Å². The first-order valence-electron chi connectivity index (χ1n) is 6.69. The Bertz CT molecular complexity index is 514. The van der Waals surface area contributed by atoms with E-state index in [1.807, 2.05) is 6.07 Å². The van der Waals surface area contributed by atoms with Crippen molar-refractivity contribution in [3.05, 3.63) is 29.3 Å². The van der Waals surface area contributed by atoms with Crippen molar-refractivity contribution in [3.63, 3.8) is 0 Å². The number of nitrogens with two attached hydrogens (primary N) is 1. The molecule has 2 N–H and O–H groups in total. The van der Waals surface area contributed by atoms with Crippen LogP contribution in [0.15, 0.2) is 24.3 Å². The van der Waals surface area contributed by atoms with Gasteiger partial charge in [0.1, 0.15) is 5.01 Å². The van der Waals surface area contributed by atoms with Gasteiger partial charge in [-0.3, -0.25) is 4.90 Å². The predicted molar refractivity (Wildman–Crippen MR) is 83.5 cm³/mol. The lowest BCUT2D eigenvalue weighted by molar-refractivity contribution is 0.174. The van der Waals surface area contributed by atoms with Gasteiger partial charge in [0, 0.05) is 6.54 Å². The van der Waals surface area contributed by atoms with Gasteiger partial charge in [0.05, 0.1) is 16.3 Å². The third-order valence-electron chi connectivity index (χ3n) is 3.56. The Hall–Kier alpha value is -0.970. The van der Waals surface area contributed by atoms with Crippen molar-refractivity contribution in [2.75, 3.05) is 20.1 Å². The molecule has 0 fully saturated rings. The molecule has 0 radical (unpaired) electrons. The quantitative estimate of drug-likeness (QED) is 0.912. The molecule has 0 aliphatic heterocycles. The number of hydrogen-bond donors (Lipinski definition) is 1. The second-order valence-electron chi connectivity index (χ2n) is 5.98. The number of benzene rings is 1. The largest absolute Gasteiger partial charge is 0.330 e. The molecule has 104 valence electrons. The van der Waals surface area contributed by atoms with Crippen molar-refractivity contribution in [1.82, 2.24) is 9.88 Å². The number of thiazole rings is 1. The van der Waals surface area contributed by atoms with Gasteiger partial charge in [-0.1, -0.05) is 26.0 Å². The van der Waals surface area contributed by atoms with E-state index in [9.17, 15) is 0 Å². The Kier molecular flexibility index (Phi) is 4.23. The summed E-state index contributed by atoms with van der Waals surface area (Å²) < 4.78 is 1.26. The van der Waals surface area contributed by atoms with Crippen molar-refractivity contribution in [1.29, 1.82) is 0 Å². The molecule has 1 heterocycles. The molecular formula is C15H23N3S. The van der Waals surface area contributed by atoms with Crippen molar-refractivity contribution in [2.45, 2.75) is 26.8 Å². The van der Waals surface area contributed by atoms with Gasteiger partial charge in [-0.25, -0.2) is 4.98 Å². The summed E-state index contributed by atoms with van der Waals surface area (Å²) in [6.07, 6.45) is 0. The van der Waals surface area contributed by atoms with E-state index in [0.717, 1.165) is 12.1 Å². The third kappa shape index (κ3) is 3.32. The summed E-state index contributed by atoms with van der Waals surface area (Å²) in [4.78, 5) is 7.07. The van der Waals surface area contributed by atoms with Gasteiger partial charge in [0.2, 0.25) is 0 Å². The Morgan fingerprint density at radius 3 is 2.68 bits per heavy atom. The van der Waals surface area contributed by atoms with Gasteiger partial charge in [-0.15, -0.1) is 11.3 Å². The fourth-order valence-electron chi connectivity index (χ4n) is 2.13. The molecule has 1 aromatic carbocycles. The van der Waals surface area contributed by atoms with Gasteiger partial charge < -0.3 is 5.73 Å². The molecule has 0 bridgehead atoms. The highest BCUT2D eigenvalue weighted by molar-refractivity contribution is 7.18. The topological polar surface area (TPSA) is 42.2 Å². The maximum absolute atomic E-state index is 5.82. The molecule has 19 heavy (non-hydrogen) atoms. The Morgan fingerprint density at radius 1 is 1.37 bits per heavy atom. The molecule has 3 nitrogen and oxygen atoms in total. The van der Waals surface area contributed by atoms with Crippen LogP contribution in [0.25, 0.3) is 10.2 Å². The van der Waals surface area contributed by atoms with E-state index in [-0.39, 0.29) is 5.41 Å². The van der Waals surface area contributed by atoms with Gasteiger partial charge in [-0.05, 0) is 38.1 Å². The Morgan fingerprint density at radius 2 is 2.05 bits per heavy atom. The fraction of sp³-hybridized carbons (Fsp3) is 0.533. The summed E-state index contributed by atoms with van der Waals surface area (Å²) in [6.45, 7) is 8.29. The lowest BCUT2D eigenvalue weighted by Gasteiger charge is -2.32. The van der Waals surface area contributed by atoms with Gasteiger partial charge >= 0.3 is 0 Å². The molecule has 0 spiro atoms. The van der Waals surface area contributed by atoms with Crippen LogP contribution in [0.1, 0.15) is 31.8 Å². The first kappa shape index (κ1) is 14.4. The zero-order valence-corrected chi connectivity index (χ0v) is 13.0. The maximum Gasteiger partial charge on any atom is 0.111 e. The van der Waals surface area contributed by atoms with Crippen LogP contribution in [0, 0.1) is 5.41 Å². The van der Waals surface area contributed by atoms with Gasteiger partial charge in [-0.2, -0.15) is 0 Å². The smallest absolute Gasteiger partial charge is 0.111 e. The summed E-state index contributed by atoms with van der Waals surface area (Å²) in [5.41, 5.74) is 7.05. The Balaban J connectivity index is 2.16. The molecule has 0 aliphatic rings. The van der Waals surface area contributed by atoms with Gasteiger partial charge in [0.25, 0.3) is 0 Å². The van der Waals surface area contributed by atoms with Crippen LogP contribution in [0.2, 0.25) is 0 Å². The minimum Gasteiger partial charge on any atom is -0.330 e. The number of hydrogen-bond acceptors (Lipinski definition) is 4. The molecule has 1 unspecified atom stereocenters. The van der Waals surface area contributed by atoms with Crippen LogP contribution < -0.4 is 5.73 Å². The van der Waals surface area contributed by atoms with Crippen LogP contribution in [-0.2, 0) is 0 Å². The maximum atomic E-state index is 5.82. The monoisotopic (exact) mass is 277 g/mol. The predicted octanol–water partition coefficient (Wildman–Crippen LogP) is 3.27. The molecular weight excluding hydrogens is 254 g/mol. The Labute approximate surface area is 119 Å². The van der Waals surface area contributed by atoms with Crippen LogP contribution in [0.5, 0.6) is 0 Å². The lowest BCUT2D eigenvalue weighted by Crippen LogP contribution is -2.37. The highest BCUT2D eigenvalue weighted by Gasteiger charge is 2.23. The van der Waals surface area contributed by atoms with E-state index >= 15 is 0 Å². The van der Waals surface area contributed by atoms with Crippen molar-refractivity contribution < 1.29 is 0 Å². The zero-order chi connectivity index (χ0) is 14.0. The summed E-state index contributed by atoms with van der Waals surface area (Å²) >= 11 is 1.78. The average Bonchev–Trinajstić information content (AvgIpc) is 2.81. The van der Waals surface area contributed by atoms with Crippen molar-refractivity contribution in [2.24, 2.45) is 11.1 Å². The summed E-state index contributed by atoms with van der Waals surface area (Å²) in [7, 11) is 2.15. The van der Waals surface area contributed by atoms with E-state index in [2.05, 4.69) is 50.9 Å². The SMILES string of the molecule is CC(c1nc2ccccc2s1)N(C)CC(C)(C)CN. The zero-order valence-electron chi connectivity index (χ0n) is 12.2. The molecule has 0 saturated carbocycles. The molecule has 0 saturated heterocycles. The van der Waals surface area contributed by atoms with E-state index in [4.69, 9.17) is 10.7 Å². The van der Waals surface area contributed by atoms with E-state index in [1.54, 1.807) is 11.3 Å². The highest BCUT2D eigenvalue weighted by atomic mass is 32.1. The number of aromatic nitrogens is 1. The first-order valence-corrected chi connectivity index (χ1v) is 7.50. The van der Waals surface area contributed by atoms with E-state index in [1.165, 1.54) is 9.71 Å². The first-order chi connectivity index (χ1) is 8.93. The molecule has 0 aliphatic carbocycles. The van der Waals surface area contributed by atoms with E-state index < -0.39 is 0 Å². The number of nitrogens with zero attached hydrogens (tertiary/aromatic N) is 2.